The third kappa shape index (κ3) is 3.29. The van der Waals surface area contributed by atoms with Gasteiger partial charge in [-0.05, 0) is 55.5 Å². The second-order valence-electron chi connectivity index (χ2n) is 6.98. The lowest BCUT2D eigenvalue weighted by Gasteiger charge is -2.29. The van der Waals surface area contributed by atoms with E-state index in [4.69, 9.17) is 4.98 Å². The molecule has 0 aliphatic heterocycles. The summed E-state index contributed by atoms with van der Waals surface area (Å²) in [6.45, 7) is 4.27. The highest BCUT2D eigenvalue weighted by Crippen LogP contribution is 2.36. The van der Waals surface area contributed by atoms with Crippen LogP contribution in [0.25, 0.3) is 0 Å². The summed E-state index contributed by atoms with van der Waals surface area (Å²) in [7, 11) is 0. The Morgan fingerprint density at radius 2 is 1.14 bits per heavy atom. The van der Waals surface area contributed by atoms with E-state index in [0.717, 1.165) is 28.5 Å². The van der Waals surface area contributed by atoms with E-state index in [9.17, 15) is 0 Å². The molecule has 0 saturated carbocycles. The van der Waals surface area contributed by atoms with Crippen molar-refractivity contribution in [1.29, 1.82) is 0 Å². The van der Waals surface area contributed by atoms with Crippen LogP contribution in [-0.2, 0) is 5.41 Å². The first-order valence-electron chi connectivity index (χ1n) is 9.41. The lowest BCUT2D eigenvalue weighted by Crippen LogP contribution is -2.29. The Kier molecular flexibility index (Phi) is 4.94. The van der Waals surface area contributed by atoms with E-state index in [0.29, 0.717) is 0 Å². The average Bonchev–Trinajstić information content (AvgIpc) is 2.80. The summed E-state index contributed by atoms with van der Waals surface area (Å²) in [5.74, 6) is 0.0952. The topological polar surface area (TPSA) is 51.6 Å². The van der Waals surface area contributed by atoms with Crippen molar-refractivity contribution in [2.45, 2.75) is 25.2 Å². The van der Waals surface area contributed by atoms with Gasteiger partial charge in [0.25, 0.3) is 0 Å². The van der Waals surface area contributed by atoms with Gasteiger partial charge in [0.2, 0.25) is 0 Å². The minimum absolute atomic E-state index is 0.0952. The third-order valence-corrected chi connectivity index (χ3v) is 5.21. The molecule has 4 aromatic heterocycles. The minimum atomic E-state index is -0.553. The third-order valence-electron chi connectivity index (χ3n) is 5.21. The number of hydrogen-bond acceptors (Lipinski definition) is 4. The molecule has 0 saturated heterocycles. The average molecular weight is 366 g/mol. The molecule has 0 radical (unpaired) electrons. The van der Waals surface area contributed by atoms with E-state index in [1.807, 2.05) is 73.2 Å². The van der Waals surface area contributed by atoms with Crippen molar-refractivity contribution in [3.05, 3.63) is 120 Å². The maximum Gasteiger partial charge on any atom is 0.0939 e. The molecule has 4 nitrogen and oxygen atoms in total. The second kappa shape index (κ2) is 7.69. The summed E-state index contributed by atoms with van der Waals surface area (Å²) in [5, 5.41) is 0. The molecule has 138 valence electrons. The molecule has 1 atom stereocenters. The van der Waals surface area contributed by atoms with Crippen LogP contribution < -0.4 is 0 Å². The maximum atomic E-state index is 5.05. The van der Waals surface area contributed by atoms with E-state index in [2.05, 4.69) is 47.0 Å². The summed E-state index contributed by atoms with van der Waals surface area (Å²) in [6, 6.07) is 24.1. The molecule has 0 N–H and O–H groups in total. The fourth-order valence-corrected chi connectivity index (χ4v) is 3.47. The SMILES string of the molecule is C[C@@H](c1ccccn1)c1cccc(C(C)(c2ccccn2)c2ccccn2)n1. The van der Waals surface area contributed by atoms with Gasteiger partial charge >= 0.3 is 0 Å². The van der Waals surface area contributed by atoms with Gasteiger partial charge in [0.1, 0.15) is 0 Å². The second-order valence-corrected chi connectivity index (χ2v) is 6.98. The van der Waals surface area contributed by atoms with E-state index in [-0.39, 0.29) is 5.92 Å². The van der Waals surface area contributed by atoms with E-state index < -0.39 is 5.41 Å². The van der Waals surface area contributed by atoms with Crippen molar-refractivity contribution >= 4 is 0 Å². The molecule has 0 amide bonds. The van der Waals surface area contributed by atoms with Gasteiger partial charge < -0.3 is 0 Å². The summed E-state index contributed by atoms with van der Waals surface area (Å²) < 4.78 is 0. The van der Waals surface area contributed by atoms with Crippen LogP contribution in [0.3, 0.4) is 0 Å². The van der Waals surface area contributed by atoms with Gasteiger partial charge in [0.05, 0.1) is 22.5 Å². The summed E-state index contributed by atoms with van der Waals surface area (Å²) in [4.78, 5) is 18.8. The number of pyridine rings is 4. The maximum absolute atomic E-state index is 5.05. The van der Waals surface area contributed by atoms with Crippen molar-refractivity contribution < 1.29 is 0 Å². The van der Waals surface area contributed by atoms with Crippen LogP contribution in [0.1, 0.15) is 48.2 Å². The Labute approximate surface area is 165 Å². The van der Waals surface area contributed by atoms with Gasteiger partial charge in [0, 0.05) is 35.9 Å². The van der Waals surface area contributed by atoms with Gasteiger partial charge in [0.15, 0.2) is 0 Å². The standard InChI is InChI=1S/C24H22N4/c1-18(19-10-3-6-15-25-19)20-11-9-14-23(28-20)24(2,21-12-4-7-16-26-21)22-13-5-8-17-27-22/h3-18H,1-2H3/t18-/m0/s1. The zero-order valence-corrected chi connectivity index (χ0v) is 16.0. The number of aromatic nitrogens is 4. The number of rotatable bonds is 5. The first-order valence-corrected chi connectivity index (χ1v) is 9.41. The van der Waals surface area contributed by atoms with Gasteiger partial charge in [-0.3, -0.25) is 19.9 Å². The smallest absolute Gasteiger partial charge is 0.0939 e. The summed E-state index contributed by atoms with van der Waals surface area (Å²) >= 11 is 0. The van der Waals surface area contributed by atoms with Gasteiger partial charge in [-0.15, -0.1) is 0 Å². The normalized spacial score (nSPS) is 12.5. The molecule has 0 aliphatic carbocycles. The molecule has 4 aromatic rings. The van der Waals surface area contributed by atoms with Crippen molar-refractivity contribution in [1.82, 2.24) is 19.9 Å². The van der Waals surface area contributed by atoms with Gasteiger partial charge in [-0.2, -0.15) is 0 Å². The Balaban J connectivity index is 1.84. The highest BCUT2D eigenvalue weighted by Gasteiger charge is 2.35. The van der Waals surface area contributed by atoms with Crippen LogP contribution in [0, 0.1) is 0 Å². The quantitative estimate of drug-likeness (QED) is 0.510. The van der Waals surface area contributed by atoms with Crippen LogP contribution >= 0.6 is 0 Å². The van der Waals surface area contributed by atoms with E-state index >= 15 is 0 Å². The van der Waals surface area contributed by atoms with E-state index in [1.165, 1.54) is 0 Å². The Morgan fingerprint density at radius 3 is 1.68 bits per heavy atom. The van der Waals surface area contributed by atoms with Crippen molar-refractivity contribution in [3.63, 3.8) is 0 Å². The molecule has 0 unspecified atom stereocenters. The molecule has 0 aliphatic rings. The summed E-state index contributed by atoms with van der Waals surface area (Å²) in [5.41, 5.74) is 4.19. The molecule has 4 rings (SSSR count). The molecule has 0 aromatic carbocycles. The molecule has 28 heavy (non-hydrogen) atoms. The largest absolute Gasteiger partial charge is 0.261 e. The zero-order chi connectivity index (χ0) is 19.4. The van der Waals surface area contributed by atoms with Crippen LogP contribution in [0.5, 0.6) is 0 Å². The van der Waals surface area contributed by atoms with E-state index in [1.54, 1.807) is 0 Å². The highest BCUT2D eigenvalue weighted by molar-refractivity contribution is 5.42. The predicted octanol–water partition coefficient (Wildman–Crippen LogP) is 4.77. The first kappa shape index (κ1) is 18.0. The lowest BCUT2D eigenvalue weighted by molar-refractivity contribution is 0.612. The molecular weight excluding hydrogens is 344 g/mol. The fourth-order valence-electron chi connectivity index (χ4n) is 3.47. The van der Waals surface area contributed by atoms with Crippen molar-refractivity contribution in [2.75, 3.05) is 0 Å². The van der Waals surface area contributed by atoms with Crippen LogP contribution in [0.4, 0.5) is 0 Å². The first-order chi connectivity index (χ1) is 13.7. The molecule has 0 spiro atoms. The Hall–Kier alpha value is -3.40. The molecule has 4 heterocycles. The number of hydrogen-bond donors (Lipinski definition) is 0. The van der Waals surface area contributed by atoms with Gasteiger partial charge in [-0.25, -0.2) is 0 Å². The van der Waals surface area contributed by atoms with Gasteiger partial charge in [-0.1, -0.05) is 31.2 Å². The predicted molar refractivity (Wildman–Crippen MR) is 110 cm³/mol. The molecule has 0 bridgehead atoms. The minimum Gasteiger partial charge on any atom is -0.261 e. The monoisotopic (exact) mass is 366 g/mol. The molecule has 0 fully saturated rings. The van der Waals surface area contributed by atoms with Crippen molar-refractivity contribution in [2.24, 2.45) is 0 Å². The number of nitrogens with zero attached hydrogens (tertiary/aromatic N) is 4. The Bertz CT molecular complexity index is 994. The van der Waals surface area contributed by atoms with Crippen LogP contribution in [-0.4, -0.2) is 19.9 Å². The summed E-state index contributed by atoms with van der Waals surface area (Å²) in [6.07, 6.45) is 5.45. The Morgan fingerprint density at radius 1 is 0.607 bits per heavy atom. The van der Waals surface area contributed by atoms with Crippen LogP contribution in [0.2, 0.25) is 0 Å². The highest BCUT2D eigenvalue weighted by atomic mass is 14.8. The zero-order valence-electron chi connectivity index (χ0n) is 16.0. The lowest BCUT2D eigenvalue weighted by atomic mass is 9.78. The van der Waals surface area contributed by atoms with Crippen LogP contribution in [0.15, 0.2) is 91.4 Å². The molecule has 4 heteroatoms. The van der Waals surface area contributed by atoms with Crippen molar-refractivity contribution in [3.8, 4) is 0 Å². The fraction of sp³-hybridized carbons (Fsp3) is 0.167. The molecular formula is C24H22N4.